The van der Waals surface area contributed by atoms with Gasteiger partial charge in [-0.3, -0.25) is 14.4 Å². The van der Waals surface area contributed by atoms with Crippen LogP contribution in [-0.2, 0) is 19.1 Å². The molecule has 9 nitrogen and oxygen atoms in total. The lowest BCUT2D eigenvalue weighted by atomic mass is 9.94. The Labute approximate surface area is 182 Å². The van der Waals surface area contributed by atoms with Crippen molar-refractivity contribution in [3.63, 3.8) is 0 Å². The molecule has 2 heterocycles. The highest BCUT2D eigenvalue weighted by Gasteiger charge is 2.39. The van der Waals surface area contributed by atoms with Crippen molar-refractivity contribution >= 4 is 23.4 Å². The number of hydrogen-bond acceptors (Lipinski definition) is 6. The van der Waals surface area contributed by atoms with E-state index in [-0.39, 0.29) is 49.2 Å². The third-order valence-electron chi connectivity index (χ3n) is 5.56. The second kappa shape index (κ2) is 10.6. The summed E-state index contributed by atoms with van der Waals surface area (Å²) in [4.78, 5) is 38.7. The van der Waals surface area contributed by atoms with E-state index >= 15 is 0 Å². The molecule has 0 spiro atoms. The minimum absolute atomic E-state index is 0.0186. The molecule has 0 aliphatic carbocycles. The summed E-state index contributed by atoms with van der Waals surface area (Å²) in [6, 6.07) is 4.82. The van der Waals surface area contributed by atoms with Crippen molar-refractivity contribution in [1.82, 2.24) is 10.2 Å². The van der Waals surface area contributed by atoms with Crippen LogP contribution < -0.4 is 15.4 Å². The highest BCUT2D eigenvalue weighted by molar-refractivity contribution is 6.00. The van der Waals surface area contributed by atoms with Crippen molar-refractivity contribution in [3.05, 3.63) is 23.8 Å². The number of fused-ring (bicyclic) bond motifs is 2. The average molecular weight is 434 g/mol. The minimum Gasteiger partial charge on any atom is -0.490 e. The van der Waals surface area contributed by atoms with Crippen LogP contribution in [0.15, 0.2) is 18.2 Å². The number of nitrogens with zero attached hydrogens (tertiary/aromatic N) is 1. The van der Waals surface area contributed by atoms with E-state index in [0.717, 1.165) is 12.8 Å². The first-order valence-electron chi connectivity index (χ1n) is 10.7. The molecule has 1 saturated heterocycles. The standard InChI is InChI=1S/C22H31N3O6/c1-4-9-23-20(26)11-15-6-7-17-19(31-15)12-30-18-8-5-14(24-21(27)13-29-3)10-16(18)22(28)25(17)2/h5,8,10,15,17,19H,4,6-7,9,11-13H2,1-3H3,(H,23,26)(H,24,27)/t15-,17+,19+/m0/s1. The van der Waals surface area contributed by atoms with Crippen LogP contribution in [0.3, 0.4) is 0 Å². The maximum atomic E-state index is 13.2. The van der Waals surface area contributed by atoms with E-state index in [1.165, 1.54) is 7.11 Å². The maximum absolute atomic E-state index is 13.2. The monoisotopic (exact) mass is 433 g/mol. The molecule has 0 saturated carbocycles. The molecule has 1 aromatic carbocycles. The van der Waals surface area contributed by atoms with Crippen molar-refractivity contribution in [3.8, 4) is 5.75 Å². The number of methoxy groups -OCH3 is 1. The van der Waals surface area contributed by atoms with Crippen molar-refractivity contribution < 1.29 is 28.6 Å². The number of ether oxygens (including phenoxy) is 3. The van der Waals surface area contributed by atoms with Gasteiger partial charge in [0.2, 0.25) is 11.8 Å². The van der Waals surface area contributed by atoms with Crippen molar-refractivity contribution in [2.45, 2.75) is 50.9 Å². The zero-order valence-electron chi connectivity index (χ0n) is 18.3. The number of benzene rings is 1. The molecular weight excluding hydrogens is 402 g/mol. The minimum atomic E-state index is -0.319. The lowest BCUT2D eigenvalue weighted by molar-refractivity contribution is -0.134. The van der Waals surface area contributed by atoms with Gasteiger partial charge in [-0.1, -0.05) is 6.92 Å². The zero-order valence-corrected chi connectivity index (χ0v) is 18.3. The number of anilines is 1. The number of carbonyl (C=O) groups excluding carboxylic acids is 3. The Hall–Kier alpha value is -2.65. The molecule has 1 fully saturated rings. The van der Waals surface area contributed by atoms with Gasteiger partial charge in [0.05, 0.1) is 24.1 Å². The van der Waals surface area contributed by atoms with Gasteiger partial charge in [-0.05, 0) is 37.5 Å². The van der Waals surface area contributed by atoms with Crippen LogP contribution in [0.1, 0.15) is 43.0 Å². The van der Waals surface area contributed by atoms with Gasteiger partial charge in [-0.2, -0.15) is 0 Å². The quantitative estimate of drug-likeness (QED) is 0.676. The Kier molecular flexibility index (Phi) is 7.86. The second-order valence-electron chi connectivity index (χ2n) is 7.91. The Morgan fingerprint density at radius 1 is 1.26 bits per heavy atom. The summed E-state index contributed by atoms with van der Waals surface area (Å²) in [7, 11) is 3.19. The summed E-state index contributed by atoms with van der Waals surface area (Å²) in [5, 5.41) is 5.58. The van der Waals surface area contributed by atoms with Gasteiger partial charge in [-0.25, -0.2) is 0 Å². The van der Waals surface area contributed by atoms with Gasteiger partial charge < -0.3 is 29.7 Å². The van der Waals surface area contributed by atoms with E-state index in [2.05, 4.69) is 10.6 Å². The van der Waals surface area contributed by atoms with Gasteiger partial charge in [0.25, 0.3) is 5.91 Å². The molecule has 2 N–H and O–H groups in total. The summed E-state index contributed by atoms with van der Waals surface area (Å²) >= 11 is 0. The molecule has 2 aliphatic heterocycles. The summed E-state index contributed by atoms with van der Waals surface area (Å²) in [6.07, 6.45) is 2.10. The molecule has 3 amide bonds. The van der Waals surface area contributed by atoms with Crippen molar-refractivity contribution in [2.24, 2.45) is 0 Å². The fourth-order valence-electron chi connectivity index (χ4n) is 3.98. The number of carbonyl (C=O) groups is 3. The SMILES string of the molecule is CCCNC(=O)C[C@@H]1CC[C@@H]2[C@@H](COc3ccc(NC(=O)COC)cc3C(=O)N2C)O1. The third-order valence-corrected chi connectivity index (χ3v) is 5.56. The number of rotatable bonds is 7. The van der Waals surface area contributed by atoms with E-state index in [1.54, 1.807) is 30.1 Å². The fraction of sp³-hybridized carbons (Fsp3) is 0.591. The largest absolute Gasteiger partial charge is 0.490 e. The average Bonchev–Trinajstić information content (AvgIpc) is 2.75. The van der Waals surface area contributed by atoms with Crippen LogP contribution in [0.25, 0.3) is 0 Å². The topological polar surface area (TPSA) is 106 Å². The van der Waals surface area contributed by atoms with E-state index in [0.29, 0.717) is 36.4 Å². The molecule has 9 heteroatoms. The molecule has 170 valence electrons. The number of hydrogen-bond donors (Lipinski definition) is 2. The summed E-state index contributed by atoms with van der Waals surface area (Å²) in [6.45, 7) is 2.87. The first-order valence-corrected chi connectivity index (χ1v) is 10.7. The maximum Gasteiger partial charge on any atom is 0.257 e. The van der Waals surface area contributed by atoms with Gasteiger partial charge in [-0.15, -0.1) is 0 Å². The van der Waals surface area contributed by atoms with Gasteiger partial charge in [0.15, 0.2) is 0 Å². The van der Waals surface area contributed by atoms with Crippen LogP contribution in [-0.4, -0.2) is 74.8 Å². The molecule has 1 aromatic rings. The molecular formula is C22H31N3O6. The first-order chi connectivity index (χ1) is 14.9. The Balaban J connectivity index is 1.71. The second-order valence-corrected chi connectivity index (χ2v) is 7.91. The lowest BCUT2D eigenvalue weighted by Crippen LogP contribution is -2.54. The molecule has 2 aliphatic rings. The van der Waals surface area contributed by atoms with Crippen molar-refractivity contribution in [1.29, 1.82) is 0 Å². The highest BCUT2D eigenvalue weighted by Crippen LogP contribution is 2.32. The molecule has 0 aromatic heterocycles. The predicted octanol–water partition coefficient (Wildman–Crippen LogP) is 1.57. The first kappa shape index (κ1) is 23.0. The number of likely N-dealkylation sites (N-methyl/N-ethyl adjacent to an activating group) is 1. The zero-order chi connectivity index (χ0) is 22.4. The molecule has 0 radical (unpaired) electrons. The summed E-state index contributed by atoms with van der Waals surface area (Å²) in [5.74, 6) is -0.0820. The van der Waals surface area contributed by atoms with E-state index < -0.39 is 0 Å². The van der Waals surface area contributed by atoms with E-state index in [9.17, 15) is 14.4 Å². The van der Waals surface area contributed by atoms with Crippen LogP contribution >= 0.6 is 0 Å². The fourth-order valence-corrected chi connectivity index (χ4v) is 3.98. The molecule has 0 unspecified atom stereocenters. The highest BCUT2D eigenvalue weighted by atomic mass is 16.5. The predicted molar refractivity (Wildman–Crippen MR) is 114 cm³/mol. The Bertz CT molecular complexity index is 814. The number of amides is 3. The number of nitrogens with one attached hydrogen (secondary N) is 2. The van der Waals surface area contributed by atoms with Gasteiger partial charge in [0.1, 0.15) is 25.1 Å². The van der Waals surface area contributed by atoms with Crippen LogP contribution in [0.4, 0.5) is 5.69 Å². The summed E-state index contributed by atoms with van der Waals surface area (Å²) in [5.41, 5.74) is 0.888. The van der Waals surface area contributed by atoms with Crippen molar-refractivity contribution in [2.75, 3.05) is 39.2 Å². The van der Waals surface area contributed by atoms with E-state index in [1.807, 2.05) is 6.92 Å². The summed E-state index contributed by atoms with van der Waals surface area (Å²) < 4.78 is 16.9. The normalized spacial score (nSPS) is 23.0. The lowest BCUT2D eigenvalue weighted by Gasteiger charge is -2.42. The van der Waals surface area contributed by atoms with E-state index in [4.69, 9.17) is 14.2 Å². The molecule has 3 rings (SSSR count). The molecule has 31 heavy (non-hydrogen) atoms. The Morgan fingerprint density at radius 2 is 2.06 bits per heavy atom. The third kappa shape index (κ3) is 5.74. The van der Waals surface area contributed by atoms with Crippen LogP contribution in [0.5, 0.6) is 5.75 Å². The molecule has 0 bridgehead atoms. The van der Waals surface area contributed by atoms with Crippen LogP contribution in [0.2, 0.25) is 0 Å². The van der Waals surface area contributed by atoms with Gasteiger partial charge in [0, 0.05) is 26.4 Å². The van der Waals surface area contributed by atoms with Crippen LogP contribution in [0, 0.1) is 0 Å². The molecule has 3 atom stereocenters. The van der Waals surface area contributed by atoms with Gasteiger partial charge >= 0.3 is 0 Å². The Morgan fingerprint density at radius 3 is 2.81 bits per heavy atom. The smallest absolute Gasteiger partial charge is 0.257 e.